The minimum atomic E-state index is -0.662. The summed E-state index contributed by atoms with van der Waals surface area (Å²) in [6.45, 7) is 5.01. The van der Waals surface area contributed by atoms with Gasteiger partial charge in [-0.1, -0.05) is 431 Å². The predicted molar refractivity (Wildman–Crippen MR) is 394 cm³/mol. The third-order valence-corrected chi connectivity index (χ3v) is 19.8. The minimum Gasteiger partial charge on any atom is -0.466 e. The van der Waals surface area contributed by atoms with Gasteiger partial charge in [0.25, 0.3) is 0 Å². The van der Waals surface area contributed by atoms with Gasteiger partial charge >= 0.3 is 5.97 Å². The summed E-state index contributed by atoms with van der Waals surface area (Å²) in [5.74, 6) is -0.00427. The Morgan fingerprint density at radius 2 is 0.528 bits per heavy atom. The number of rotatable bonds is 79. The number of hydrogen-bond acceptors (Lipinski definition) is 5. The first-order valence-electron chi connectivity index (χ1n) is 41.4. The lowest BCUT2D eigenvalue weighted by Crippen LogP contribution is -2.45. The van der Waals surface area contributed by atoms with Crippen LogP contribution in [-0.4, -0.2) is 47.4 Å². The van der Waals surface area contributed by atoms with Crippen LogP contribution in [0.5, 0.6) is 0 Å². The Balaban J connectivity index is 3.31. The maximum Gasteiger partial charge on any atom is 0.305 e. The molecule has 89 heavy (non-hydrogen) atoms. The Bertz CT molecular complexity index is 1350. The number of unbranched alkanes of at least 4 members (excludes halogenated alkanes) is 66. The molecule has 6 heteroatoms. The molecule has 2 atom stereocenters. The van der Waals surface area contributed by atoms with Crippen LogP contribution < -0.4 is 5.32 Å². The summed E-state index contributed by atoms with van der Waals surface area (Å²) in [5, 5.41) is 23.5. The van der Waals surface area contributed by atoms with Crippen molar-refractivity contribution in [3.8, 4) is 0 Å². The van der Waals surface area contributed by atoms with E-state index in [2.05, 4.69) is 31.3 Å². The standard InChI is InChI=1S/C83H163NO5/c1-3-5-7-9-11-13-15-17-19-21-22-23-37-40-44-47-51-55-59-63-67-71-75-81(86)80(79-85)84-82(87)76-72-68-64-60-56-52-48-45-41-38-35-33-31-29-27-25-24-26-28-30-32-34-36-39-42-46-50-54-58-62-66-70-74-78-89-83(88)77-73-69-65-61-57-53-49-43-20-18-16-14-12-10-8-6-4-2/h18,20,80-81,85-86H,3-17,19,21-79H2,1-2H3,(H,84,87)/b20-18-. The normalized spacial score (nSPS) is 12.4. The summed E-state index contributed by atoms with van der Waals surface area (Å²) in [6.07, 6.45) is 100. The molecule has 0 radical (unpaired) electrons. The smallest absolute Gasteiger partial charge is 0.305 e. The van der Waals surface area contributed by atoms with Gasteiger partial charge in [-0.25, -0.2) is 0 Å². The van der Waals surface area contributed by atoms with Crippen LogP contribution in [0.3, 0.4) is 0 Å². The zero-order valence-corrected chi connectivity index (χ0v) is 61.0. The molecule has 0 bridgehead atoms. The molecule has 0 saturated heterocycles. The average molecular weight is 1260 g/mol. The zero-order valence-electron chi connectivity index (χ0n) is 61.0. The molecular weight excluding hydrogens is 1090 g/mol. The van der Waals surface area contributed by atoms with E-state index in [1.54, 1.807) is 0 Å². The maximum absolute atomic E-state index is 12.6. The van der Waals surface area contributed by atoms with Crippen molar-refractivity contribution >= 4 is 11.9 Å². The van der Waals surface area contributed by atoms with Crippen LogP contribution >= 0.6 is 0 Å². The first-order valence-corrected chi connectivity index (χ1v) is 41.4. The van der Waals surface area contributed by atoms with Crippen LogP contribution in [0.2, 0.25) is 0 Å². The number of allylic oxidation sites excluding steroid dienone is 2. The van der Waals surface area contributed by atoms with E-state index in [4.69, 9.17) is 4.74 Å². The first-order chi connectivity index (χ1) is 44.0. The quantitative estimate of drug-likeness (QED) is 0.0320. The molecule has 1 amide bonds. The van der Waals surface area contributed by atoms with Crippen LogP contribution in [-0.2, 0) is 14.3 Å². The number of nitrogens with one attached hydrogen (secondary N) is 1. The fourth-order valence-corrected chi connectivity index (χ4v) is 13.5. The molecule has 0 heterocycles. The fraction of sp³-hybridized carbons (Fsp3) is 0.952. The van der Waals surface area contributed by atoms with Gasteiger partial charge in [0.05, 0.1) is 25.4 Å². The predicted octanol–water partition coefficient (Wildman–Crippen LogP) is 27.4. The van der Waals surface area contributed by atoms with Crippen molar-refractivity contribution in [2.45, 2.75) is 495 Å². The number of amides is 1. The molecule has 6 nitrogen and oxygen atoms in total. The van der Waals surface area contributed by atoms with Crippen LogP contribution in [0.4, 0.5) is 0 Å². The molecule has 0 fully saturated rings. The monoisotopic (exact) mass is 1250 g/mol. The summed E-state index contributed by atoms with van der Waals surface area (Å²) in [4.78, 5) is 24.7. The first kappa shape index (κ1) is 87.6. The number of esters is 1. The van der Waals surface area contributed by atoms with Crippen molar-refractivity contribution in [1.82, 2.24) is 5.32 Å². The maximum atomic E-state index is 12.6. The van der Waals surface area contributed by atoms with Crippen LogP contribution in [0.25, 0.3) is 0 Å². The van der Waals surface area contributed by atoms with Crippen LogP contribution in [0, 0.1) is 0 Å². The molecule has 0 aliphatic carbocycles. The Kier molecular flexibility index (Phi) is 77.8. The van der Waals surface area contributed by atoms with Gasteiger partial charge in [0.1, 0.15) is 0 Å². The molecule has 0 aliphatic rings. The van der Waals surface area contributed by atoms with Gasteiger partial charge in [-0.15, -0.1) is 0 Å². The van der Waals surface area contributed by atoms with Gasteiger partial charge in [-0.2, -0.15) is 0 Å². The summed E-state index contributed by atoms with van der Waals surface area (Å²) in [6, 6.07) is -0.538. The second-order valence-corrected chi connectivity index (χ2v) is 28.8. The molecule has 0 aromatic rings. The summed E-state index contributed by atoms with van der Waals surface area (Å²) in [5.41, 5.74) is 0. The number of carbonyl (C=O) groups excluding carboxylic acids is 2. The van der Waals surface area contributed by atoms with Crippen molar-refractivity contribution < 1.29 is 24.5 Å². The topological polar surface area (TPSA) is 95.9 Å². The number of aliphatic hydroxyl groups excluding tert-OH is 2. The Morgan fingerprint density at radius 1 is 0.303 bits per heavy atom. The van der Waals surface area contributed by atoms with Gasteiger partial charge in [0.15, 0.2) is 0 Å². The summed E-state index contributed by atoms with van der Waals surface area (Å²) in [7, 11) is 0. The number of ether oxygens (including phenoxy) is 1. The summed E-state index contributed by atoms with van der Waals surface area (Å²) < 4.78 is 5.51. The van der Waals surface area contributed by atoms with E-state index in [9.17, 15) is 19.8 Å². The summed E-state index contributed by atoms with van der Waals surface area (Å²) >= 11 is 0. The van der Waals surface area contributed by atoms with Crippen molar-refractivity contribution in [2.24, 2.45) is 0 Å². The van der Waals surface area contributed by atoms with E-state index in [1.165, 1.54) is 411 Å². The van der Waals surface area contributed by atoms with Gasteiger partial charge in [-0.05, 0) is 51.4 Å². The third kappa shape index (κ3) is 75.5. The molecular formula is C83H163NO5. The van der Waals surface area contributed by atoms with E-state index in [-0.39, 0.29) is 18.5 Å². The van der Waals surface area contributed by atoms with Gasteiger partial charge in [-0.3, -0.25) is 9.59 Å². The SMILES string of the molecule is CCCCCCCC/C=C\CCCCCCCCCC(=O)OCCCCCCCCCCCCCCCCCCCCCCCCCCCCCCCCCCCC(=O)NC(CO)C(O)CCCCCCCCCCCCCCCCCCCCCCCC. The molecule has 0 aliphatic heterocycles. The number of aliphatic hydroxyl groups is 2. The number of hydrogen-bond donors (Lipinski definition) is 3. The second-order valence-electron chi connectivity index (χ2n) is 28.8. The molecule has 3 N–H and O–H groups in total. The third-order valence-electron chi connectivity index (χ3n) is 19.8. The van der Waals surface area contributed by atoms with Crippen LogP contribution in [0.1, 0.15) is 483 Å². The molecule has 530 valence electrons. The zero-order chi connectivity index (χ0) is 64.2. The van der Waals surface area contributed by atoms with Crippen molar-refractivity contribution in [2.75, 3.05) is 13.2 Å². The van der Waals surface area contributed by atoms with Crippen LogP contribution in [0.15, 0.2) is 12.2 Å². The number of carbonyl (C=O) groups is 2. The van der Waals surface area contributed by atoms with Crippen molar-refractivity contribution in [3.05, 3.63) is 12.2 Å². The second kappa shape index (κ2) is 79.0. The molecule has 2 unspecified atom stereocenters. The Morgan fingerprint density at radius 3 is 0.798 bits per heavy atom. The highest BCUT2D eigenvalue weighted by atomic mass is 16.5. The Labute approximate surface area is 559 Å². The van der Waals surface area contributed by atoms with Gasteiger partial charge in [0, 0.05) is 12.8 Å². The largest absolute Gasteiger partial charge is 0.466 e. The van der Waals surface area contributed by atoms with Gasteiger partial charge < -0.3 is 20.3 Å². The van der Waals surface area contributed by atoms with E-state index in [0.717, 1.165) is 38.5 Å². The van der Waals surface area contributed by atoms with E-state index in [1.807, 2.05) is 0 Å². The molecule has 0 rings (SSSR count). The van der Waals surface area contributed by atoms with Crippen molar-refractivity contribution in [1.29, 1.82) is 0 Å². The molecule has 0 aromatic carbocycles. The lowest BCUT2D eigenvalue weighted by molar-refractivity contribution is -0.143. The highest BCUT2D eigenvalue weighted by molar-refractivity contribution is 5.76. The molecule has 0 aromatic heterocycles. The van der Waals surface area contributed by atoms with E-state index >= 15 is 0 Å². The average Bonchev–Trinajstić information content (AvgIpc) is 3.59. The van der Waals surface area contributed by atoms with Gasteiger partial charge in [0.2, 0.25) is 5.91 Å². The van der Waals surface area contributed by atoms with E-state index < -0.39 is 12.1 Å². The minimum absolute atomic E-state index is 0.0198. The highest BCUT2D eigenvalue weighted by Crippen LogP contribution is 2.21. The Hall–Kier alpha value is -1.40. The molecule has 0 saturated carbocycles. The molecule has 0 spiro atoms. The fourth-order valence-electron chi connectivity index (χ4n) is 13.5. The lowest BCUT2D eigenvalue weighted by Gasteiger charge is -2.22. The lowest BCUT2D eigenvalue weighted by atomic mass is 10.0. The van der Waals surface area contributed by atoms with Crippen molar-refractivity contribution in [3.63, 3.8) is 0 Å². The van der Waals surface area contributed by atoms with E-state index in [0.29, 0.717) is 25.9 Å². The highest BCUT2D eigenvalue weighted by Gasteiger charge is 2.20.